The summed E-state index contributed by atoms with van der Waals surface area (Å²) in [6, 6.07) is 6.63. The van der Waals surface area contributed by atoms with E-state index in [1.165, 1.54) is 16.7 Å². The number of nitrogens with zero attached hydrogens (tertiary/aromatic N) is 1. The van der Waals surface area contributed by atoms with Gasteiger partial charge in [0.05, 0.1) is 18.3 Å². The zero-order valence-corrected chi connectivity index (χ0v) is 12.4. The zero-order chi connectivity index (χ0) is 14.0. The summed E-state index contributed by atoms with van der Waals surface area (Å²) in [7, 11) is 0. The average molecular weight is 263 g/mol. The SMILES string of the molecule is Cc1ccc(CN2CC(CO)OC(C)(C)C2)cc1C. The van der Waals surface area contributed by atoms with Crippen molar-refractivity contribution in [3.63, 3.8) is 0 Å². The Hall–Kier alpha value is -0.900. The van der Waals surface area contributed by atoms with Gasteiger partial charge in [0.2, 0.25) is 0 Å². The molecule has 1 heterocycles. The van der Waals surface area contributed by atoms with Crippen LogP contribution in [0.5, 0.6) is 0 Å². The average Bonchev–Trinajstić information content (AvgIpc) is 2.32. The van der Waals surface area contributed by atoms with E-state index in [1.54, 1.807) is 0 Å². The number of rotatable bonds is 3. The molecular weight excluding hydrogens is 238 g/mol. The molecule has 0 spiro atoms. The van der Waals surface area contributed by atoms with Gasteiger partial charge in [0.25, 0.3) is 0 Å². The van der Waals surface area contributed by atoms with E-state index < -0.39 is 0 Å². The molecule has 3 heteroatoms. The summed E-state index contributed by atoms with van der Waals surface area (Å²) >= 11 is 0. The van der Waals surface area contributed by atoms with Crippen molar-refractivity contribution in [2.75, 3.05) is 19.7 Å². The van der Waals surface area contributed by atoms with E-state index in [0.717, 1.165) is 19.6 Å². The van der Waals surface area contributed by atoms with Crippen LogP contribution in [0, 0.1) is 13.8 Å². The minimum absolute atomic E-state index is 0.0738. The summed E-state index contributed by atoms with van der Waals surface area (Å²) in [5.74, 6) is 0. The van der Waals surface area contributed by atoms with Gasteiger partial charge in [-0.15, -0.1) is 0 Å². The van der Waals surface area contributed by atoms with E-state index in [-0.39, 0.29) is 18.3 Å². The Labute approximate surface area is 116 Å². The highest BCUT2D eigenvalue weighted by atomic mass is 16.5. The Kier molecular flexibility index (Phi) is 4.29. The normalized spacial score (nSPS) is 23.5. The van der Waals surface area contributed by atoms with Crippen LogP contribution in [-0.2, 0) is 11.3 Å². The monoisotopic (exact) mass is 263 g/mol. The van der Waals surface area contributed by atoms with Crippen molar-refractivity contribution < 1.29 is 9.84 Å². The van der Waals surface area contributed by atoms with Gasteiger partial charge in [0, 0.05) is 19.6 Å². The highest BCUT2D eigenvalue weighted by Gasteiger charge is 2.32. The highest BCUT2D eigenvalue weighted by Crippen LogP contribution is 2.22. The van der Waals surface area contributed by atoms with Gasteiger partial charge in [-0.05, 0) is 44.4 Å². The van der Waals surface area contributed by atoms with Crippen molar-refractivity contribution in [3.05, 3.63) is 34.9 Å². The fourth-order valence-electron chi connectivity index (χ4n) is 2.79. The molecule has 0 radical (unpaired) electrons. The Morgan fingerprint density at radius 1 is 1.32 bits per heavy atom. The standard InChI is InChI=1S/C16H25NO2/c1-12-5-6-14(7-13(12)2)8-17-9-15(10-18)19-16(3,4)11-17/h5-7,15,18H,8-11H2,1-4H3. The lowest BCUT2D eigenvalue weighted by Crippen LogP contribution is -2.53. The summed E-state index contributed by atoms with van der Waals surface area (Å²) in [6.45, 7) is 11.2. The zero-order valence-electron chi connectivity index (χ0n) is 12.4. The van der Waals surface area contributed by atoms with E-state index in [9.17, 15) is 5.11 Å². The quantitative estimate of drug-likeness (QED) is 0.908. The smallest absolute Gasteiger partial charge is 0.0940 e. The van der Waals surface area contributed by atoms with E-state index in [0.29, 0.717) is 0 Å². The van der Waals surface area contributed by atoms with Crippen molar-refractivity contribution in [1.82, 2.24) is 4.90 Å². The number of aliphatic hydroxyl groups excluding tert-OH is 1. The Bertz CT molecular complexity index is 442. The molecule has 2 rings (SSSR count). The molecule has 1 fully saturated rings. The summed E-state index contributed by atoms with van der Waals surface area (Å²) in [5, 5.41) is 9.34. The lowest BCUT2D eigenvalue weighted by atomic mass is 10.0. The fourth-order valence-corrected chi connectivity index (χ4v) is 2.79. The van der Waals surface area contributed by atoms with E-state index in [2.05, 4.69) is 50.8 Å². The molecule has 1 atom stereocenters. The lowest BCUT2D eigenvalue weighted by Gasteiger charge is -2.42. The van der Waals surface area contributed by atoms with Crippen LogP contribution in [-0.4, -0.2) is 41.4 Å². The predicted octanol–water partition coefficient (Wildman–Crippen LogP) is 2.28. The molecule has 106 valence electrons. The van der Waals surface area contributed by atoms with Crippen molar-refractivity contribution in [3.8, 4) is 0 Å². The van der Waals surface area contributed by atoms with Gasteiger partial charge in [-0.3, -0.25) is 4.90 Å². The van der Waals surface area contributed by atoms with Crippen LogP contribution >= 0.6 is 0 Å². The molecule has 1 unspecified atom stereocenters. The van der Waals surface area contributed by atoms with Crippen LogP contribution in [0.2, 0.25) is 0 Å². The molecule has 1 aliphatic rings. The van der Waals surface area contributed by atoms with Crippen LogP contribution in [0.15, 0.2) is 18.2 Å². The molecule has 0 aromatic heterocycles. The first-order valence-corrected chi connectivity index (χ1v) is 6.97. The molecule has 19 heavy (non-hydrogen) atoms. The third kappa shape index (κ3) is 3.78. The number of hydrogen-bond acceptors (Lipinski definition) is 3. The van der Waals surface area contributed by atoms with E-state index >= 15 is 0 Å². The highest BCUT2D eigenvalue weighted by molar-refractivity contribution is 5.29. The van der Waals surface area contributed by atoms with Gasteiger partial charge < -0.3 is 9.84 Å². The molecule has 1 saturated heterocycles. The predicted molar refractivity (Wildman–Crippen MR) is 77.2 cm³/mol. The van der Waals surface area contributed by atoms with Gasteiger partial charge in [0.15, 0.2) is 0 Å². The maximum atomic E-state index is 9.34. The maximum Gasteiger partial charge on any atom is 0.0940 e. The minimum Gasteiger partial charge on any atom is -0.394 e. The van der Waals surface area contributed by atoms with Crippen molar-refractivity contribution >= 4 is 0 Å². The molecule has 3 nitrogen and oxygen atoms in total. The van der Waals surface area contributed by atoms with Crippen LogP contribution in [0.4, 0.5) is 0 Å². The van der Waals surface area contributed by atoms with Gasteiger partial charge in [0.1, 0.15) is 0 Å². The van der Waals surface area contributed by atoms with Crippen LogP contribution in [0.1, 0.15) is 30.5 Å². The molecule has 0 aliphatic carbocycles. The summed E-state index contributed by atoms with van der Waals surface area (Å²) in [6.07, 6.45) is -0.0738. The van der Waals surface area contributed by atoms with Crippen LogP contribution in [0.25, 0.3) is 0 Å². The van der Waals surface area contributed by atoms with Gasteiger partial charge in [-0.2, -0.15) is 0 Å². The van der Waals surface area contributed by atoms with Gasteiger partial charge in [-0.25, -0.2) is 0 Å². The number of ether oxygens (including phenoxy) is 1. The molecular formula is C16H25NO2. The van der Waals surface area contributed by atoms with Crippen molar-refractivity contribution in [2.45, 2.75) is 45.9 Å². The third-order valence-corrected chi connectivity index (χ3v) is 3.73. The van der Waals surface area contributed by atoms with E-state index in [1.807, 2.05) is 0 Å². The van der Waals surface area contributed by atoms with Crippen molar-refractivity contribution in [2.24, 2.45) is 0 Å². The largest absolute Gasteiger partial charge is 0.394 e. The molecule has 1 aromatic rings. The molecule has 1 aliphatic heterocycles. The number of hydrogen-bond donors (Lipinski definition) is 1. The number of aryl methyl sites for hydroxylation is 2. The Balaban J connectivity index is 2.07. The first kappa shape index (κ1) is 14.5. The fraction of sp³-hybridized carbons (Fsp3) is 0.625. The van der Waals surface area contributed by atoms with Crippen LogP contribution in [0.3, 0.4) is 0 Å². The molecule has 1 N–H and O–H groups in total. The van der Waals surface area contributed by atoms with Crippen molar-refractivity contribution in [1.29, 1.82) is 0 Å². The molecule has 0 amide bonds. The number of morpholine rings is 1. The topological polar surface area (TPSA) is 32.7 Å². The lowest BCUT2D eigenvalue weighted by molar-refractivity contribution is -0.150. The third-order valence-electron chi connectivity index (χ3n) is 3.73. The molecule has 1 aromatic carbocycles. The number of benzene rings is 1. The minimum atomic E-state index is -0.189. The van der Waals surface area contributed by atoms with Gasteiger partial charge >= 0.3 is 0 Å². The second-order valence-electron chi connectivity index (χ2n) is 6.27. The first-order chi connectivity index (χ1) is 8.89. The first-order valence-electron chi connectivity index (χ1n) is 6.97. The number of aliphatic hydroxyl groups is 1. The Morgan fingerprint density at radius 3 is 2.68 bits per heavy atom. The van der Waals surface area contributed by atoms with E-state index in [4.69, 9.17) is 4.74 Å². The van der Waals surface area contributed by atoms with Gasteiger partial charge in [-0.1, -0.05) is 18.2 Å². The molecule has 0 saturated carbocycles. The van der Waals surface area contributed by atoms with Crippen LogP contribution < -0.4 is 0 Å². The Morgan fingerprint density at radius 2 is 2.05 bits per heavy atom. The molecule has 0 bridgehead atoms. The summed E-state index contributed by atoms with van der Waals surface area (Å²) in [5.41, 5.74) is 3.81. The second-order valence-corrected chi connectivity index (χ2v) is 6.27. The summed E-state index contributed by atoms with van der Waals surface area (Å²) < 4.78 is 5.84. The maximum absolute atomic E-state index is 9.34. The second kappa shape index (κ2) is 5.61. The summed E-state index contributed by atoms with van der Waals surface area (Å²) in [4.78, 5) is 2.37.